The van der Waals surface area contributed by atoms with Crippen molar-refractivity contribution in [1.82, 2.24) is 15.3 Å². The highest BCUT2D eigenvalue weighted by Gasteiger charge is 2.04. The first kappa shape index (κ1) is 11.4. The van der Waals surface area contributed by atoms with E-state index in [0.717, 1.165) is 25.3 Å². The van der Waals surface area contributed by atoms with Gasteiger partial charge >= 0.3 is 0 Å². The molecular weight excluding hydrogens is 218 g/mol. The molecule has 1 atom stereocenters. The summed E-state index contributed by atoms with van der Waals surface area (Å²) in [5.74, 6) is 1.66. The summed E-state index contributed by atoms with van der Waals surface area (Å²) in [6.07, 6.45) is 4.79. The van der Waals surface area contributed by atoms with E-state index in [1.807, 2.05) is 17.5 Å². The van der Waals surface area contributed by atoms with Crippen LogP contribution in [-0.2, 0) is 13.0 Å². The fraction of sp³-hybridized carbons (Fsp3) is 0.417. The topological polar surface area (TPSA) is 40.7 Å². The van der Waals surface area contributed by atoms with Crippen molar-refractivity contribution < 1.29 is 0 Å². The summed E-state index contributed by atoms with van der Waals surface area (Å²) in [5.41, 5.74) is 0. The van der Waals surface area contributed by atoms with Gasteiger partial charge in [-0.1, -0.05) is 13.0 Å². The molecule has 0 aliphatic rings. The van der Waals surface area contributed by atoms with Gasteiger partial charge in [0.2, 0.25) is 0 Å². The number of nitrogens with zero attached hydrogens (tertiary/aromatic N) is 1. The Morgan fingerprint density at radius 1 is 1.56 bits per heavy atom. The number of aromatic nitrogens is 2. The van der Waals surface area contributed by atoms with E-state index < -0.39 is 0 Å². The molecule has 4 heteroatoms. The van der Waals surface area contributed by atoms with Crippen LogP contribution in [0.4, 0.5) is 0 Å². The summed E-state index contributed by atoms with van der Waals surface area (Å²) >= 11 is 1.84. The third-order valence-electron chi connectivity index (χ3n) is 2.47. The van der Waals surface area contributed by atoms with Crippen LogP contribution in [0, 0.1) is 5.92 Å². The molecule has 2 heterocycles. The van der Waals surface area contributed by atoms with Gasteiger partial charge in [0.15, 0.2) is 0 Å². The molecule has 2 N–H and O–H groups in total. The van der Waals surface area contributed by atoms with E-state index in [0.29, 0.717) is 5.92 Å². The average molecular weight is 235 g/mol. The van der Waals surface area contributed by atoms with Crippen molar-refractivity contribution in [3.05, 3.63) is 40.6 Å². The first-order valence-corrected chi connectivity index (χ1v) is 6.44. The average Bonchev–Trinajstić information content (AvgIpc) is 2.90. The predicted molar refractivity (Wildman–Crippen MR) is 67.5 cm³/mol. The van der Waals surface area contributed by atoms with Gasteiger partial charge in [-0.3, -0.25) is 0 Å². The van der Waals surface area contributed by atoms with Crippen molar-refractivity contribution in [2.75, 3.05) is 6.54 Å². The highest BCUT2D eigenvalue weighted by atomic mass is 32.1. The number of hydrogen-bond acceptors (Lipinski definition) is 3. The standard InChI is InChI=1S/C12H17N3S/c1-10(7-11-3-2-6-16-11)8-13-9-12-14-4-5-15-12/h2-6,10,13H,7-9H2,1H3,(H,14,15). The number of rotatable bonds is 6. The molecule has 0 bridgehead atoms. The smallest absolute Gasteiger partial charge is 0.120 e. The van der Waals surface area contributed by atoms with Crippen LogP contribution < -0.4 is 5.32 Å². The minimum absolute atomic E-state index is 0.661. The number of hydrogen-bond donors (Lipinski definition) is 2. The molecule has 0 amide bonds. The van der Waals surface area contributed by atoms with E-state index in [1.165, 1.54) is 4.88 Å². The maximum Gasteiger partial charge on any atom is 0.120 e. The summed E-state index contributed by atoms with van der Waals surface area (Å²) in [6, 6.07) is 4.32. The first-order valence-electron chi connectivity index (χ1n) is 5.56. The summed E-state index contributed by atoms with van der Waals surface area (Å²) < 4.78 is 0. The van der Waals surface area contributed by atoms with E-state index in [-0.39, 0.29) is 0 Å². The van der Waals surface area contributed by atoms with E-state index >= 15 is 0 Å². The van der Waals surface area contributed by atoms with E-state index in [2.05, 4.69) is 39.7 Å². The zero-order chi connectivity index (χ0) is 11.2. The molecule has 0 aliphatic carbocycles. The predicted octanol–water partition coefficient (Wildman–Crippen LogP) is 2.44. The van der Waals surface area contributed by atoms with Crippen LogP contribution >= 0.6 is 11.3 Å². The van der Waals surface area contributed by atoms with Crippen LogP contribution in [0.5, 0.6) is 0 Å². The molecule has 0 radical (unpaired) electrons. The molecule has 0 saturated heterocycles. The molecule has 0 fully saturated rings. The zero-order valence-electron chi connectivity index (χ0n) is 9.44. The molecule has 86 valence electrons. The van der Waals surface area contributed by atoms with Gasteiger partial charge in [-0.2, -0.15) is 0 Å². The molecule has 2 aromatic rings. The fourth-order valence-electron chi connectivity index (χ4n) is 1.68. The van der Waals surface area contributed by atoms with Gasteiger partial charge in [-0.05, 0) is 30.3 Å². The summed E-state index contributed by atoms with van der Waals surface area (Å²) in [4.78, 5) is 8.72. The molecule has 3 nitrogen and oxygen atoms in total. The molecule has 16 heavy (non-hydrogen) atoms. The minimum atomic E-state index is 0.661. The second kappa shape index (κ2) is 5.82. The van der Waals surface area contributed by atoms with Gasteiger partial charge in [0.05, 0.1) is 6.54 Å². The van der Waals surface area contributed by atoms with Crippen LogP contribution in [0.15, 0.2) is 29.9 Å². The Morgan fingerprint density at radius 3 is 3.19 bits per heavy atom. The molecule has 0 saturated carbocycles. The number of imidazole rings is 1. The lowest BCUT2D eigenvalue weighted by Crippen LogP contribution is -2.22. The summed E-state index contributed by atoms with van der Waals surface area (Å²) in [5, 5.41) is 5.55. The van der Waals surface area contributed by atoms with Crippen LogP contribution in [0.2, 0.25) is 0 Å². The Morgan fingerprint density at radius 2 is 2.50 bits per heavy atom. The Labute approximate surface area is 99.9 Å². The Bertz CT molecular complexity index is 380. The van der Waals surface area contributed by atoms with Crippen LogP contribution in [-0.4, -0.2) is 16.5 Å². The van der Waals surface area contributed by atoms with Crippen molar-refractivity contribution in [2.45, 2.75) is 19.9 Å². The van der Waals surface area contributed by atoms with Gasteiger partial charge < -0.3 is 10.3 Å². The van der Waals surface area contributed by atoms with Crippen LogP contribution in [0.25, 0.3) is 0 Å². The second-order valence-electron chi connectivity index (χ2n) is 4.06. The Hall–Kier alpha value is -1.13. The Kier molecular flexibility index (Phi) is 4.13. The zero-order valence-corrected chi connectivity index (χ0v) is 10.3. The maximum absolute atomic E-state index is 4.17. The Balaban J connectivity index is 1.66. The van der Waals surface area contributed by atoms with Crippen LogP contribution in [0.1, 0.15) is 17.6 Å². The highest BCUT2D eigenvalue weighted by Crippen LogP contribution is 2.13. The van der Waals surface area contributed by atoms with E-state index in [4.69, 9.17) is 0 Å². The van der Waals surface area contributed by atoms with E-state index in [9.17, 15) is 0 Å². The molecule has 0 aromatic carbocycles. The highest BCUT2D eigenvalue weighted by molar-refractivity contribution is 7.09. The molecule has 0 aliphatic heterocycles. The number of thiophene rings is 1. The first-order chi connectivity index (χ1) is 7.84. The van der Waals surface area contributed by atoms with Crippen molar-refractivity contribution in [2.24, 2.45) is 5.92 Å². The van der Waals surface area contributed by atoms with Crippen LogP contribution in [0.3, 0.4) is 0 Å². The van der Waals surface area contributed by atoms with Crippen molar-refractivity contribution >= 4 is 11.3 Å². The second-order valence-corrected chi connectivity index (χ2v) is 5.09. The van der Waals surface area contributed by atoms with Gasteiger partial charge in [0.1, 0.15) is 5.82 Å². The molecular formula is C12H17N3S. The summed E-state index contributed by atoms with van der Waals surface area (Å²) in [7, 11) is 0. The van der Waals surface area contributed by atoms with E-state index in [1.54, 1.807) is 6.20 Å². The number of H-pyrrole nitrogens is 1. The lowest BCUT2D eigenvalue weighted by Gasteiger charge is -2.10. The molecule has 2 aromatic heterocycles. The summed E-state index contributed by atoms with van der Waals surface area (Å²) in [6.45, 7) is 4.12. The SMILES string of the molecule is CC(CNCc1ncc[nH]1)Cc1cccs1. The van der Waals surface area contributed by atoms with Gasteiger partial charge in [0, 0.05) is 17.3 Å². The normalized spacial score (nSPS) is 12.8. The van der Waals surface area contributed by atoms with Crippen molar-refractivity contribution in [3.8, 4) is 0 Å². The maximum atomic E-state index is 4.17. The molecule has 1 unspecified atom stereocenters. The van der Waals surface area contributed by atoms with Gasteiger partial charge in [-0.25, -0.2) is 4.98 Å². The third-order valence-corrected chi connectivity index (χ3v) is 3.37. The fourth-order valence-corrected chi connectivity index (χ4v) is 2.55. The number of aromatic amines is 1. The van der Waals surface area contributed by atoms with Crippen molar-refractivity contribution in [3.63, 3.8) is 0 Å². The lowest BCUT2D eigenvalue weighted by molar-refractivity contribution is 0.508. The molecule has 2 rings (SSSR count). The monoisotopic (exact) mass is 235 g/mol. The largest absolute Gasteiger partial charge is 0.348 e. The van der Waals surface area contributed by atoms with Crippen molar-refractivity contribution in [1.29, 1.82) is 0 Å². The van der Waals surface area contributed by atoms with Gasteiger partial charge in [-0.15, -0.1) is 11.3 Å². The minimum Gasteiger partial charge on any atom is -0.348 e. The van der Waals surface area contributed by atoms with Gasteiger partial charge in [0.25, 0.3) is 0 Å². The molecule has 0 spiro atoms. The number of nitrogens with one attached hydrogen (secondary N) is 2. The third kappa shape index (κ3) is 3.47. The quantitative estimate of drug-likeness (QED) is 0.807. The lowest BCUT2D eigenvalue weighted by atomic mass is 10.1.